The van der Waals surface area contributed by atoms with Gasteiger partial charge in [-0.2, -0.15) is 0 Å². The van der Waals surface area contributed by atoms with Gasteiger partial charge in [0.05, 0.1) is 18.3 Å². The van der Waals surface area contributed by atoms with Gasteiger partial charge in [-0.05, 0) is 51.9 Å². The van der Waals surface area contributed by atoms with Crippen LogP contribution in [0.5, 0.6) is 0 Å². The van der Waals surface area contributed by atoms with Crippen LogP contribution < -0.4 is 0 Å². The maximum absolute atomic E-state index is 10.5. The number of allylic oxidation sites excluding steroid dienone is 4. The van der Waals surface area contributed by atoms with Crippen LogP contribution in [0.2, 0.25) is 0 Å². The van der Waals surface area contributed by atoms with E-state index in [1.54, 1.807) is 6.08 Å². The van der Waals surface area contributed by atoms with Crippen LogP contribution >= 0.6 is 0 Å². The smallest absolute Gasteiger partial charge is 0.303 e. The van der Waals surface area contributed by atoms with E-state index in [2.05, 4.69) is 6.08 Å². The maximum atomic E-state index is 10.5. The molecule has 1 aliphatic carbocycles. The second kappa shape index (κ2) is 12.0. The molecular formula is C21H34O5. The molecule has 0 aromatic heterocycles. The van der Waals surface area contributed by atoms with Gasteiger partial charge in [0.2, 0.25) is 0 Å². The van der Waals surface area contributed by atoms with E-state index >= 15 is 0 Å². The van der Waals surface area contributed by atoms with Crippen molar-refractivity contribution in [3.05, 3.63) is 36.0 Å². The molecule has 0 saturated heterocycles. The van der Waals surface area contributed by atoms with Crippen molar-refractivity contribution < 1.29 is 25.2 Å². The van der Waals surface area contributed by atoms with E-state index in [-0.39, 0.29) is 18.3 Å². The summed E-state index contributed by atoms with van der Waals surface area (Å²) in [7, 11) is 0. The summed E-state index contributed by atoms with van der Waals surface area (Å²) in [6, 6.07) is 0. The van der Waals surface area contributed by atoms with Gasteiger partial charge in [0, 0.05) is 18.8 Å². The number of unbranched alkanes of at least 4 members (excludes halogenated alkanes) is 1. The minimum atomic E-state index is -0.791. The van der Waals surface area contributed by atoms with Crippen molar-refractivity contribution in [1.29, 1.82) is 0 Å². The molecule has 1 rings (SSSR count). The minimum Gasteiger partial charge on any atom is -0.481 e. The van der Waals surface area contributed by atoms with Crippen molar-refractivity contribution in [3.63, 3.8) is 0 Å². The van der Waals surface area contributed by atoms with Gasteiger partial charge in [0.25, 0.3) is 0 Å². The molecule has 0 heterocycles. The van der Waals surface area contributed by atoms with Gasteiger partial charge in [-0.1, -0.05) is 36.0 Å². The van der Waals surface area contributed by atoms with Crippen molar-refractivity contribution in [2.75, 3.05) is 0 Å². The fourth-order valence-corrected chi connectivity index (χ4v) is 3.34. The number of rotatable bonds is 11. The molecule has 148 valence electrons. The first kappa shape index (κ1) is 22.6. The molecule has 5 heteroatoms. The van der Waals surface area contributed by atoms with Crippen LogP contribution in [-0.2, 0) is 4.79 Å². The van der Waals surface area contributed by atoms with Crippen LogP contribution in [0.15, 0.2) is 36.0 Å². The first-order chi connectivity index (χ1) is 12.3. The molecule has 4 N–H and O–H groups in total. The number of carboxylic acid groups (broad SMARTS) is 1. The zero-order chi connectivity index (χ0) is 19.5. The first-order valence-electron chi connectivity index (χ1n) is 9.54. The van der Waals surface area contributed by atoms with Crippen LogP contribution in [-0.4, -0.2) is 44.7 Å². The SMILES string of the molecule is CC(C)=CCCC(O)/C=C/[C@@H]1[C@@H](C/C=C\CCCC(=O)O)[C@@H](O)C[C@H]1O. The average molecular weight is 366 g/mol. The summed E-state index contributed by atoms with van der Waals surface area (Å²) in [5.41, 5.74) is 1.23. The number of hydrogen-bond donors (Lipinski definition) is 4. The van der Waals surface area contributed by atoms with Gasteiger partial charge >= 0.3 is 5.97 Å². The third kappa shape index (κ3) is 8.79. The highest BCUT2D eigenvalue weighted by Gasteiger charge is 2.39. The van der Waals surface area contributed by atoms with E-state index in [0.29, 0.717) is 32.1 Å². The van der Waals surface area contributed by atoms with Crippen molar-refractivity contribution in [2.24, 2.45) is 11.8 Å². The van der Waals surface area contributed by atoms with Gasteiger partial charge in [-0.15, -0.1) is 0 Å². The third-order valence-electron chi connectivity index (χ3n) is 4.82. The molecule has 0 radical (unpaired) electrons. The Morgan fingerprint density at radius 3 is 2.54 bits per heavy atom. The predicted octanol–water partition coefficient (Wildman–Crippen LogP) is 3.21. The van der Waals surface area contributed by atoms with E-state index in [0.717, 1.165) is 6.42 Å². The normalized spacial score (nSPS) is 27.3. The monoisotopic (exact) mass is 366 g/mol. The number of aliphatic carboxylic acids is 1. The van der Waals surface area contributed by atoms with Gasteiger partial charge < -0.3 is 20.4 Å². The summed E-state index contributed by atoms with van der Waals surface area (Å²) in [6.07, 6.45) is 11.7. The zero-order valence-corrected chi connectivity index (χ0v) is 15.9. The molecule has 0 amide bonds. The number of aliphatic hydroxyl groups excluding tert-OH is 3. The Labute approximate surface area is 156 Å². The standard InChI is InChI=1S/C21H34O5/c1-15(2)8-7-9-16(22)12-13-18-17(19(23)14-20(18)24)10-5-3-4-6-11-21(25)26/h3,5,8,12-13,16-20,22-24H,4,6-7,9-11,14H2,1-2H3,(H,25,26)/b5-3-,13-12+/t16?,17-,18-,19+,20-/m1/s1. The van der Waals surface area contributed by atoms with Gasteiger partial charge in [0.1, 0.15) is 0 Å². The van der Waals surface area contributed by atoms with Crippen molar-refractivity contribution in [2.45, 2.75) is 77.1 Å². The highest BCUT2D eigenvalue weighted by molar-refractivity contribution is 5.66. The third-order valence-corrected chi connectivity index (χ3v) is 4.82. The van der Waals surface area contributed by atoms with Gasteiger partial charge in [-0.3, -0.25) is 4.79 Å². The lowest BCUT2D eigenvalue weighted by Gasteiger charge is -2.19. The summed E-state index contributed by atoms with van der Waals surface area (Å²) in [5, 5.41) is 39.1. The number of carbonyl (C=O) groups is 1. The van der Waals surface area contributed by atoms with E-state index in [1.165, 1.54) is 5.57 Å². The van der Waals surface area contributed by atoms with Crippen molar-refractivity contribution in [1.82, 2.24) is 0 Å². The number of aliphatic hydroxyl groups is 3. The van der Waals surface area contributed by atoms with Crippen molar-refractivity contribution in [3.8, 4) is 0 Å². The number of carboxylic acids is 1. The van der Waals surface area contributed by atoms with Crippen LogP contribution in [0.4, 0.5) is 0 Å². The Bertz CT molecular complexity index is 505. The number of hydrogen-bond acceptors (Lipinski definition) is 4. The molecule has 1 saturated carbocycles. The minimum absolute atomic E-state index is 0.0815. The molecule has 0 bridgehead atoms. The lowest BCUT2D eigenvalue weighted by Crippen LogP contribution is -2.20. The Hall–Kier alpha value is -1.43. The summed E-state index contributed by atoms with van der Waals surface area (Å²) >= 11 is 0. The Balaban J connectivity index is 2.50. The predicted molar refractivity (Wildman–Crippen MR) is 103 cm³/mol. The molecule has 0 aromatic carbocycles. The van der Waals surface area contributed by atoms with E-state index in [9.17, 15) is 20.1 Å². The highest BCUT2D eigenvalue weighted by Crippen LogP contribution is 2.36. The average Bonchev–Trinajstić information content (AvgIpc) is 2.81. The largest absolute Gasteiger partial charge is 0.481 e. The molecule has 5 nitrogen and oxygen atoms in total. The molecule has 0 aliphatic heterocycles. The summed E-state index contributed by atoms with van der Waals surface area (Å²) < 4.78 is 0. The van der Waals surface area contributed by atoms with Crippen LogP contribution in [0.1, 0.15) is 58.8 Å². The van der Waals surface area contributed by atoms with Gasteiger partial charge in [0.15, 0.2) is 0 Å². The van der Waals surface area contributed by atoms with Gasteiger partial charge in [-0.25, -0.2) is 0 Å². The quantitative estimate of drug-likeness (QED) is 0.332. The molecule has 1 aliphatic rings. The van der Waals surface area contributed by atoms with Crippen LogP contribution in [0, 0.1) is 11.8 Å². The molecule has 1 unspecified atom stereocenters. The lowest BCUT2D eigenvalue weighted by molar-refractivity contribution is -0.137. The van der Waals surface area contributed by atoms with E-state index in [1.807, 2.05) is 32.1 Å². The van der Waals surface area contributed by atoms with E-state index in [4.69, 9.17) is 5.11 Å². The van der Waals surface area contributed by atoms with Crippen LogP contribution in [0.25, 0.3) is 0 Å². The molecule has 0 spiro atoms. The highest BCUT2D eigenvalue weighted by atomic mass is 16.4. The molecule has 1 fully saturated rings. The topological polar surface area (TPSA) is 98.0 Å². The lowest BCUT2D eigenvalue weighted by atomic mass is 9.89. The van der Waals surface area contributed by atoms with E-state index < -0.39 is 24.3 Å². The molecule has 26 heavy (non-hydrogen) atoms. The van der Waals surface area contributed by atoms with Crippen LogP contribution in [0.3, 0.4) is 0 Å². The fraction of sp³-hybridized carbons (Fsp3) is 0.667. The summed E-state index contributed by atoms with van der Waals surface area (Å²) in [6.45, 7) is 4.05. The fourth-order valence-electron chi connectivity index (χ4n) is 3.34. The molecule has 5 atom stereocenters. The summed E-state index contributed by atoms with van der Waals surface area (Å²) in [5.74, 6) is -1.05. The first-order valence-corrected chi connectivity index (χ1v) is 9.54. The summed E-state index contributed by atoms with van der Waals surface area (Å²) in [4.78, 5) is 10.5. The van der Waals surface area contributed by atoms with Crippen molar-refractivity contribution >= 4 is 5.97 Å². The Morgan fingerprint density at radius 1 is 1.15 bits per heavy atom. The Kier molecular flexibility index (Phi) is 10.5. The maximum Gasteiger partial charge on any atom is 0.303 e. The second-order valence-corrected chi connectivity index (χ2v) is 7.42. The zero-order valence-electron chi connectivity index (χ0n) is 15.9. The molecular weight excluding hydrogens is 332 g/mol. The Morgan fingerprint density at radius 2 is 1.88 bits per heavy atom. The molecule has 0 aromatic rings. The second-order valence-electron chi connectivity index (χ2n) is 7.42.